The maximum Gasteiger partial charge on any atom is 0.231 e. The van der Waals surface area contributed by atoms with E-state index in [9.17, 15) is 14.3 Å². The molecule has 2 aromatic carbocycles. The van der Waals surface area contributed by atoms with Crippen molar-refractivity contribution in [1.82, 2.24) is 4.90 Å². The first-order valence-corrected chi connectivity index (χ1v) is 9.39. The van der Waals surface area contributed by atoms with E-state index in [-0.39, 0.29) is 23.1 Å². The van der Waals surface area contributed by atoms with Crippen molar-refractivity contribution in [3.05, 3.63) is 64.7 Å². The number of ether oxygens (including phenoxy) is 1. The Bertz CT molecular complexity index is 881. The zero-order chi connectivity index (χ0) is 18.8. The largest absolute Gasteiger partial charge is 0.507 e. The molecule has 140 valence electrons. The minimum atomic E-state index is -0.330. The lowest BCUT2D eigenvalue weighted by atomic mass is 10.0. The van der Waals surface area contributed by atoms with Gasteiger partial charge >= 0.3 is 0 Å². The summed E-state index contributed by atoms with van der Waals surface area (Å²) in [7, 11) is 0. The highest BCUT2D eigenvalue weighted by Crippen LogP contribution is 2.40. The summed E-state index contributed by atoms with van der Waals surface area (Å²) in [5.41, 5.74) is 1.81. The molecule has 0 bridgehead atoms. The Hall–Kier alpha value is -2.66. The molecule has 2 aliphatic heterocycles. The number of Topliss-reactive ketones (excluding diaryl/α,β-unsaturated/α-hetero) is 1. The highest BCUT2D eigenvalue weighted by molar-refractivity contribution is 6.15. The molecule has 1 N–H and O–H groups in total. The van der Waals surface area contributed by atoms with Crippen LogP contribution in [0.2, 0.25) is 0 Å². The summed E-state index contributed by atoms with van der Waals surface area (Å²) >= 11 is 0. The molecule has 0 amide bonds. The summed E-state index contributed by atoms with van der Waals surface area (Å²) in [5, 5.41) is 10.4. The molecule has 27 heavy (non-hydrogen) atoms. The lowest BCUT2D eigenvalue weighted by Gasteiger charge is -2.21. The third-order valence-corrected chi connectivity index (χ3v) is 5.16. The Morgan fingerprint density at radius 2 is 1.74 bits per heavy atom. The molecule has 1 fully saturated rings. The van der Waals surface area contributed by atoms with Gasteiger partial charge in [-0.05, 0) is 61.8 Å². The number of halogens is 1. The summed E-state index contributed by atoms with van der Waals surface area (Å²) in [5.74, 6) is 0.237. The minimum absolute atomic E-state index is 0.147. The number of fused-ring (bicyclic) bond motifs is 1. The van der Waals surface area contributed by atoms with Crippen LogP contribution in [0.1, 0.15) is 47.2 Å². The average Bonchev–Trinajstić information content (AvgIpc) is 2.84. The lowest BCUT2D eigenvalue weighted by molar-refractivity contribution is 0.101. The first-order chi connectivity index (χ1) is 13.1. The molecule has 0 saturated carbocycles. The third kappa shape index (κ3) is 3.74. The van der Waals surface area contributed by atoms with Crippen molar-refractivity contribution in [2.45, 2.75) is 32.2 Å². The number of carbonyl (C=O) groups is 1. The Morgan fingerprint density at radius 3 is 2.44 bits per heavy atom. The van der Waals surface area contributed by atoms with Gasteiger partial charge in [-0.1, -0.05) is 25.0 Å². The molecule has 2 heterocycles. The van der Waals surface area contributed by atoms with E-state index in [0.29, 0.717) is 29.0 Å². The highest BCUT2D eigenvalue weighted by atomic mass is 19.1. The molecule has 0 unspecified atom stereocenters. The fraction of sp³-hybridized carbons (Fsp3) is 0.318. The van der Waals surface area contributed by atoms with E-state index >= 15 is 0 Å². The predicted octanol–water partition coefficient (Wildman–Crippen LogP) is 4.52. The first-order valence-electron chi connectivity index (χ1n) is 9.39. The topological polar surface area (TPSA) is 49.8 Å². The summed E-state index contributed by atoms with van der Waals surface area (Å²) in [6.07, 6.45) is 6.36. The molecule has 1 saturated heterocycles. The van der Waals surface area contributed by atoms with Gasteiger partial charge in [0.1, 0.15) is 17.3 Å². The van der Waals surface area contributed by atoms with Gasteiger partial charge in [-0.3, -0.25) is 9.69 Å². The van der Waals surface area contributed by atoms with Crippen molar-refractivity contribution in [3.63, 3.8) is 0 Å². The fourth-order valence-electron chi connectivity index (χ4n) is 3.68. The van der Waals surface area contributed by atoms with Crippen molar-refractivity contribution in [2.75, 3.05) is 13.1 Å². The zero-order valence-corrected chi connectivity index (χ0v) is 15.1. The van der Waals surface area contributed by atoms with E-state index in [0.717, 1.165) is 25.9 Å². The third-order valence-electron chi connectivity index (χ3n) is 5.16. The van der Waals surface area contributed by atoms with Crippen molar-refractivity contribution < 1.29 is 19.0 Å². The second-order valence-corrected chi connectivity index (χ2v) is 7.12. The summed E-state index contributed by atoms with van der Waals surface area (Å²) in [6.45, 7) is 2.52. The van der Waals surface area contributed by atoms with Gasteiger partial charge in [-0.2, -0.15) is 0 Å². The van der Waals surface area contributed by atoms with Gasteiger partial charge in [0.25, 0.3) is 0 Å². The Balaban J connectivity index is 1.63. The number of rotatable bonds is 3. The van der Waals surface area contributed by atoms with Crippen molar-refractivity contribution in [2.24, 2.45) is 0 Å². The number of benzene rings is 2. The molecule has 4 nitrogen and oxygen atoms in total. The summed E-state index contributed by atoms with van der Waals surface area (Å²) in [6, 6.07) is 9.04. The minimum Gasteiger partial charge on any atom is -0.507 e. The second-order valence-electron chi connectivity index (χ2n) is 7.12. The van der Waals surface area contributed by atoms with Crippen LogP contribution in [0.4, 0.5) is 4.39 Å². The van der Waals surface area contributed by atoms with Crippen molar-refractivity contribution in [1.29, 1.82) is 0 Å². The smallest absolute Gasteiger partial charge is 0.231 e. The number of phenolic OH excluding ortho intramolecular Hbond substituents is 1. The van der Waals surface area contributed by atoms with E-state index in [1.165, 1.54) is 25.0 Å². The quantitative estimate of drug-likeness (QED) is 0.810. The number of phenols is 1. The molecule has 5 heteroatoms. The summed E-state index contributed by atoms with van der Waals surface area (Å²) in [4.78, 5) is 15.0. The zero-order valence-electron chi connectivity index (χ0n) is 15.1. The second kappa shape index (κ2) is 7.53. The normalized spacial score (nSPS) is 19.0. The van der Waals surface area contributed by atoms with Gasteiger partial charge in [0.2, 0.25) is 5.78 Å². The van der Waals surface area contributed by atoms with Crippen LogP contribution in [0, 0.1) is 5.82 Å². The standard InChI is InChI=1S/C22H22FNO3/c23-16-7-5-15(6-8-16)13-20-21(26)17-9-10-19(25)18(22(17)27-20)14-24-11-3-1-2-4-12-24/h5-10,13,25H,1-4,11-12,14H2/b20-13-. The van der Waals surface area contributed by atoms with E-state index in [2.05, 4.69) is 4.90 Å². The number of hydrogen-bond donors (Lipinski definition) is 1. The van der Waals surface area contributed by atoms with E-state index in [1.54, 1.807) is 30.3 Å². The average molecular weight is 367 g/mol. The van der Waals surface area contributed by atoms with Crippen LogP contribution < -0.4 is 4.74 Å². The fourth-order valence-corrected chi connectivity index (χ4v) is 3.68. The van der Waals surface area contributed by atoms with Gasteiger partial charge in [-0.15, -0.1) is 0 Å². The van der Waals surface area contributed by atoms with E-state index in [1.807, 2.05) is 0 Å². The molecule has 2 aromatic rings. The molecule has 0 spiro atoms. The van der Waals surface area contributed by atoms with Crippen molar-refractivity contribution >= 4 is 11.9 Å². The van der Waals surface area contributed by atoms with Crippen LogP contribution >= 0.6 is 0 Å². The molecule has 4 rings (SSSR count). The number of carbonyl (C=O) groups excluding carboxylic acids is 1. The van der Waals surface area contributed by atoms with Crippen LogP contribution in [-0.4, -0.2) is 28.9 Å². The van der Waals surface area contributed by atoms with Crippen LogP contribution in [0.3, 0.4) is 0 Å². The molecule has 0 aromatic heterocycles. The molecule has 0 atom stereocenters. The van der Waals surface area contributed by atoms with E-state index < -0.39 is 0 Å². The molecular formula is C22H22FNO3. The Labute approximate surface area is 157 Å². The van der Waals surface area contributed by atoms with Crippen molar-refractivity contribution in [3.8, 4) is 11.5 Å². The maximum absolute atomic E-state index is 13.1. The highest BCUT2D eigenvalue weighted by Gasteiger charge is 2.31. The monoisotopic (exact) mass is 367 g/mol. The number of aromatic hydroxyl groups is 1. The number of likely N-dealkylation sites (tertiary alicyclic amines) is 1. The maximum atomic E-state index is 13.1. The number of allylic oxidation sites excluding steroid dienone is 1. The van der Waals surface area contributed by atoms with Crippen LogP contribution in [-0.2, 0) is 6.54 Å². The van der Waals surface area contributed by atoms with Gasteiger partial charge < -0.3 is 9.84 Å². The lowest BCUT2D eigenvalue weighted by Crippen LogP contribution is -2.24. The van der Waals surface area contributed by atoms with Gasteiger partial charge in [0.15, 0.2) is 5.76 Å². The molecule has 0 radical (unpaired) electrons. The number of ketones is 1. The van der Waals surface area contributed by atoms with Crippen LogP contribution in [0.5, 0.6) is 11.5 Å². The number of nitrogens with zero attached hydrogens (tertiary/aromatic N) is 1. The molecule has 0 aliphatic carbocycles. The van der Waals surface area contributed by atoms with Crippen LogP contribution in [0.15, 0.2) is 42.2 Å². The van der Waals surface area contributed by atoms with Crippen LogP contribution in [0.25, 0.3) is 6.08 Å². The predicted molar refractivity (Wildman–Crippen MR) is 101 cm³/mol. The van der Waals surface area contributed by atoms with Gasteiger partial charge in [0, 0.05) is 6.54 Å². The molecule has 2 aliphatic rings. The van der Waals surface area contributed by atoms with E-state index in [4.69, 9.17) is 4.74 Å². The summed E-state index contributed by atoms with van der Waals surface area (Å²) < 4.78 is 19.0. The molecular weight excluding hydrogens is 345 g/mol. The Morgan fingerprint density at radius 1 is 1.04 bits per heavy atom. The van der Waals surface area contributed by atoms with Gasteiger partial charge in [0.05, 0.1) is 11.1 Å². The first kappa shape index (κ1) is 17.7. The number of hydrogen-bond acceptors (Lipinski definition) is 4. The SMILES string of the molecule is O=C1/C(=C/c2ccc(F)cc2)Oc2c1ccc(O)c2CN1CCCCCC1. The Kier molecular flexibility index (Phi) is 4.94. The van der Waals surface area contributed by atoms with Gasteiger partial charge in [-0.25, -0.2) is 4.39 Å².